The molecule has 1 fully saturated rings. The molecule has 10 heteroatoms. The standard InChI is InChI=1S/C27H28ClN3O5S/c1-35-26-17-21(7-12-25(26)36-19-20-5-3-2-4-6-20)18-29-30-27(32)22-13-15-31(16-14-22)37(33,34)24-10-8-23(28)9-11-24/h2-12,17-18,22H,13-16,19H2,1H3,(H,30,32)/b29-18-. The van der Waals surface area contributed by atoms with Crippen LogP contribution in [0, 0.1) is 5.92 Å². The maximum absolute atomic E-state index is 12.8. The number of carbonyl (C=O) groups excluding carboxylic acids is 1. The fourth-order valence-corrected chi connectivity index (χ4v) is 5.59. The molecule has 0 unspecified atom stereocenters. The molecule has 1 heterocycles. The summed E-state index contributed by atoms with van der Waals surface area (Å²) in [4.78, 5) is 12.8. The van der Waals surface area contributed by atoms with Gasteiger partial charge in [-0.15, -0.1) is 0 Å². The van der Waals surface area contributed by atoms with Crippen molar-refractivity contribution in [2.24, 2.45) is 11.0 Å². The summed E-state index contributed by atoms with van der Waals surface area (Å²) >= 11 is 5.86. The Bertz CT molecular complexity index is 1340. The van der Waals surface area contributed by atoms with Gasteiger partial charge >= 0.3 is 0 Å². The van der Waals surface area contributed by atoms with Crippen LogP contribution in [-0.2, 0) is 21.4 Å². The van der Waals surface area contributed by atoms with Crippen molar-refractivity contribution in [1.29, 1.82) is 0 Å². The van der Waals surface area contributed by atoms with Gasteiger partial charge in [0.25, 0.3) is 0 Å². The third kappa shape index (κ3) is 6.88. The highest BCUT2D eigenvalue weighted by atomic mass is 35.5. The van der Waals surface area contributed by atoms with E-state index < -0.39 is 10.0 Å². The second kappa shape index (κ2) is 12.2. The van der Waals surface area contributed by atoms with Gasteiger partial charge in [0.05, 0.1) is 18.2 Å². The van der Waals surface area contributed by atoms with E-state index in [1.165, 1.54) is 22.7 Å². The van der Waals surface area contributed by atoms with Crippen molar-refractivity contribution in [3.05, 3.63) is 88.9 Å². The van der Waals surface area contributed by atoms with Crippen LogP contribution < -0.4 is 14.9 Å². The molecule has 0 saturated carbocycles. The lowest BCUT2D eigenvalue weighted by molar-refractivity contribution is -0.126. The largest absolute Gasteiger partial charge is 0.493 e. The number of amides is 1. The third-order valence-corrected chi connectivity index (χ3v) is 8.25. The average molecular weight is 542 g/mol. The number of hydrogen-bond acceptors (Lipinski definition) is 6. The number of halogens is 1. The Balaban J connectivity index is 1.28. The number of piperidine rings is 1. The Labute approximate surface area is 221 Å². The molecule has 8 nitrogen and oxygen atoms in total. The van der Waals surface area contributed by atoms with E-state index in [0.717, 1.165) is 11.1 Å². The van der Waals surface area contributed by atoms with E-state index in [4.69, 9.17) is 21.1 Å². The SMILES string of the molecule is COc1cc(/C=N\NC(=O)C2CCN(S(=O)(=O)c3ccc(Cl)cc3)CC2)ccc1OCc1ccccc1. The first-order chi connectivity index (χ1) is 17.9. The number of nitrogens with zero attached hydrogens (tertiary/aromatic N) is 2. The van der Waals surface area contributed by atoms with Gasteiger partial charge in [-0.3, -0.25) is 4.79 Å². The van der Waals surface area contributed by atoms with Gasteiger partial charge in [-0.1, -0.05) is 41.9 Å². The molecule has 37 heavy (non-hydrogen) atoms. The van der Waals surface area contributed by atoms with E-state index in [1.807, 2.05) is 36.4 Å². The van der Waals surface area contributed by atoms with Crippen LogP contribution in [0.1, 0.15) is 24.0 Å². The van der Waals surface area contributed by atoms with Crippen molar-refractivity contribution in [1.82, 2.24) is 9.73 Å². The second-order valence-electron chi connectivity index (χ2n) is 8.55. The van der Waals surface area contributed by atoms with E-state index in [0.29, 0.717) is 36.0 Å². The molecule has 0 aliphatic carbocycles. The number of nitrogens with one attached hydrogen (secondary N) is 1. The van der Waals surface area contributed by atoms with Crippen LogP contribution in [0.4, 0.5) is 0 Å². The van der Waals surface area contributed by atoms with Gasteiger partial charge in [-0.2, -0.15) is 9.41 Å². The summed E-state index contributed by atoms with van der Waals surface area (Å²) < 4.78 is 38.4. The van der Waals surface area contributed by atoms with Crippen molar-refractivity contribution in [3.63, 3.8) is 0 Å². The molecule has 0 spiro atoms. The Morgan fingerprint density at radius 2 is 1.76 bits per heavy atom. The monoisotopic (exact) mass is 541 g/mol. The Morgan fingerprint density at radius 1 is 1.05 bits per heavy atom. The lowest BCUT2D eigenvalue weighted by Crippen LogP contribution is -2.42. The molecule has 1 aliphatic heterocycles. The first-order valence-electron chi connectivity index (χ1n) is 11.8. The summed E-state index contributed by atoms with van der Waals surface area (Å²) in [6.07, 6.45) is 2.35. The lowest BCUT2D eigenvalue weighted by atomic mass is 9.98. The summed E-state index contributed by atoms with van der Waals surface area (Å²) in [7, 11) is -2.06. The molecule has 1 aliphatic rings. The van der Waals surface area contributed by atoms with Crippen molar-refractivity contribution in [2.45, 2.75) is 24.3 Å². The number of carbonyl (C=O) groups is 1. The topological polar surface area (TPSA) is 97.3 Å². The van der Waals surface area contributed by atoms with Gasteiger partial charge in [0.15, 0.2) is 11.5 Å². The molecule has 0 atom stereocenters. The van der Waals surface area contributed by atoms with Gasteiger partial charge < -0.3 is 9.47 Å². The molecule has 1 amide bonds. The molecule has 0 bridgehead atoms. The van der Waals surface area contributed by atoms with Crippen molar-refractivity contribution in [2.75, 3.05) is 20.2 Å². The quantitative estimate of drug-likeness (QED) is 0.318. The third-order valence-electron chi connectivity index (χ3n) is 6.09. The molecule has 0 aromatic heterocycles. The summed E-state index contributed by atoms with van der Waals surface area (Å²) in [5, 5.41) is 4.55. The fraction of sp³-hybridized carbons (Fsp3) is 0.259. The summed E-state index contributed by atoms with van der Waals surface area (Å²) in [6.45, 7) is 0.934. The molecular formula is C27H28ClN3O5S. The van der Waals surface area contributed by atoms with Gasteiger partial charge in [0, 0.05) is 24.0 Å². The van der Waals surface area contributed by atoms with Crippen molar-refractivity contribution >= 4 is 33.7 Å². The first kappa shape index (κ1) is 26.7. The zero-order valence-electron chi connectivity index (χ0n) is 20.3. The molecule has 4 rings (SSSR count). The predicted molar refractivity (Wildman–Crippen MR) is 142 cm³/mol. The maximum atomic E-state index is 12.8. The molecule has 194 valence electrons. The van der Waals surface area contributed by atoms with Crippen LogP contribution in [0.15, 0.2) is 82.8 Å². The minimum absolute atomic E-state index is 0.191. The zero-order chi connectivity index (χ0) is 26.3. The highest BCUT2D eigenvalue weighted by Crippen LogP contribution is 2.28. The highest BCUT2D eigenvalue weighted by Gasteiger charge is 2.32. The van der Waals surface area contributed by atoms with Gasteiger partial charge in [-0.25, -0.2) is 13.8 Å². The van der Waals surface area contributed by atoms with Gasteiger partial charge in [0.1, 0.15) is 6.61 Å². The maximum Gasteiger partial charge on any atom is 0.243 e. The van der Waals surface area contributed by atoms with Gasteiger partial charge in [-0.05, 0) is 66.4 Å². The highest BCUT2D eigenvalue weighted by molar-refractivity contribution is 7.89. The summed E-state index contributed by atoms with van der Waals surface area (Å²) in [6, 6.07) is 21.3. The number of ether oxygens (including phenoxy) is 2. The van der Waals surface area contributed by atoms with E-state index in [-0.39, 0.29) is 29.8 Å². The zero-order valence-corrected chi connectivity index (χ0v) is 21.9. The van der Waals surface area contributed by atoms with E-state index in [2.05, 4.69) is 10.5 Å². The molecule has 0 radical (unpaired) electrons. The summed E-state index contributed by atoms with van der Waals surface area (Å²) in [5.74, 6) is 0.597. The smallest absolute Gasteiger partial charge is 0.243 e. The number of benzene rings is 3. The van der Waals surface area contributed by atoms with E-state index in [9.17, 15) is 13.2 Å². The molecule has 3 aromatic rings. The minimum Gasteiger partial charge on any atom is -0.493 e. The van der Waals surface area contributed by atoms with Crippen LogP contribution >= 0.6 is 11.6 Å². The van der Waals surface area contributed by atoms with Crippen LogP contribution in [0.25, 0.3) is 0 Å². The van der Waals surface area contributed by atoms with E-state index in [1.54, 1.807) is 31.4 Å². The second-order valence-corrected chi connectivity index (χ2v) is 10.9. The molecular weight excluding hydrogens is 514 g/mol. The minimum atomic E-state index is -3.62. The van der Waals surface area contributed by atoms with Gasteiger partial charge in [0.2, 0.25) is 15.9 Å². The van der Waals surface area contributed by atoms with Crippen LogP contribution in [0.2, 0.25) is 5.02 Å². The molecule has 1 N–H and O–H groups in total. The fourth-order valence-electron chi connectivity index (χ4n) is 3.99. The lowest BCUT2D eigenvalue weighted by Gasteiger charge is -2.30. The number of rotatable bonds is 9. The number of hydrogen-bond donors (Lipinski definition) is 1. The van der Waals surface area contributed by atoms with Crippen LogP contribution in [0.5, 0.6) is 11.5 Å². The Hall–Kier alpha value is -3.40. The molecule has 1 saturated heterocycles. The number of hydrazone groups is 1. The van der Waals surface area contributed by atoms with Crippen molar-refractivity contribution in [3.8, 4) is 11.5 Å². The first-order valence-corrected chi connectivity index (χ1v) is 13.6. The van der Waals surface area contributed by atoms with Crippen molar-refractivity contribution < 1.29 is 22.7 Å². The normalized spacial score (nSPS) is 15.0. The van der Waals surface area contributed by atoms with E-state index >= 15 is 0 Å². The predicted octanol–water partition coefficient (Wildman–Crippen LogP) is 4.48. The average Bonchev–Trinajstić information content (AvgIpc) is 2.93. The molecule has 3 aromatic carbocycles. The van der Waals surface area contributed by atoms with Crippen LogP contribution in [0.3, 0.4) is 0 Å². The van der Waals surface area contributed by atoms with Crippen LogP contribution in [-0.4, -0.2) is 45.0 Å². The number of sulfonamides is 1. The Morgan fingerprint density at radius 3 is 2.43 bits per heavy atom. The Kier molecular flexibility index (Phi) is 8.81. The summed E-state index contributed by atoms with van der Waals surface area (Å²) in [5.41, 5.74) is 4.34. The number of methoxy groups -OCH3 is 1.